The van der Waals surface area contributed by atoms with Crippen LogP contribution in [0.5, 0.6) is 0 Å². The molecule has 0 spiro atoms. The smallest absolute Gasteiger partial charge is 0.145 e. The second kappa shape index (κ2) is 5.23. The summed E-state index contributed by atoms with van der Waals surface area (Å²) in [6, 6.07) is 10.8. The van der Waals surface area contributed by atoms with E-state index in [9.17, 15) is 0 Å². The van der Waals surface area contributed by atoms with E-state index in [1.807, 2.05) is 12.1 Å². The van der Waals surface area contributed by atoms with Crippen molar-refractivity contribution in [2.75, 3.05) is 5.32 Å². The fraction of sp³-hybridized carbons (Fsp3) is 0. The first-order valence-corrected chi connectivity index (χ1v) is 4.94. The second-order valence-corrected chi connectivity index (χ2v) is 3.23. The van der Waals surface area contributed by atoms with Crippen molar-refractivity contribution in [1.29, 1.82) is 10.5 Å². The van der Waals surface area contributed by atoms with Crippen molar-refractivity contribution in [1.82, 2.24) is 20.2 Å². The Bertz CT molecular complexity index is 627. The highest BCUT2D eigenvalue weighted by molar-refractivity contribution is 5.54. The van der Waals surface area contributed by atoms with Crippen molar-refractivity contribution in [3.63, 3.8) is 0 Å². The van der Waals surface area contributed by atoms with Crippen molar-refractivity contribution in [3.8, 4) is 17.8 Å². The zero-order chi connectivity index (χ0) is 12.8. The van der Waals surface area contributed by atoms with Gasteiger partial charge in [0, 0.05) is 11.9 Å². The van der Waals surface area contributed by atoms with E-state index in [1.165, 1.54) is 17.2 Å². The highest BCUT2D eigenvalue weighted by atomic mass is 15.5. The van der Waals surface area contributed by atoms with Gasteiger partial charge in [0.15, 0.2) is 0 Å². The van der Waals surface area contributed by atoms with Gasteiger partial charge in [-0.1, -0.05) is 6.07 Å². The number of benzene rings is 1. The van der Waals surface area contributed by atoms with Gasteiger partial charge in [-0.2, -0.15) is 10.5 Å². The van der Waals surface area contributed by atoms with Gasteiger partial charge in [-0.3, -0.25) is 0 Å². The van der Waals surface area contributed by atoms with Gasteiger partial charge in [0.05, 0.1) is 5.69 Å². The molecule has 2 aromatic rings. The highest BCUT2D eigenvalue weighted by Crippen LogP contribution is 2.13. The summed E-state index contributed by atoms with van der Waals surface area (Å²) < 4.78 is 1.50. The maximum atomic E-state index is 8.60. The molecule has 0 atom stereocenters. The Morgan fingerprint density at radius 2 is 2.17 bits per heavy atom. The molecule has 0 bridgehead atoms. The third-order valence-electron chi connectivity index (χ3n) is 2.08. The number of hydrogen-bond donors (Lipinski definition) is 1. The van der Waals surface area contributed by atoms with Crippen molar-refractivity contribution in [2.45, 2.75) is 0 Å². The molecule has 0 aliphatic rings. The summed E-state index contributed by atoms with van der Waals surface area (Å²) >= 11 is 0. The van der Waals surface area contributed by atoms with E-state index in [-0.39, 0.29) is 5.57 Å². The maximum Gasteiger partial charge on any atom is 0.145 e. The minimum Gasteiger partial charge on any atom is -0.360 e. The molecule has 0 saturated carbocycles. The summed E-state index contributed by atoms with van der Waals surface area (Å²) in [4.78, 5) is 0. The van der Waals surface area contributed by atoms with E-state index in [0.717, 1.165) is 11.4 Å². The molecule has 1 heterocycles. The topological polar surface area (TPSA) is 103 Å². The van der Waals surface area contributed by atoms with Gasteiger partial charge in [0.1, 0.15) is 24.0 Å². The maximum absolute atomic E-state index is 8.60. The third-order valence-corrected chi connectivity index (χ3v) is 2.08. The van der Waals surface area contributed by atoms with Crippen LogP contribution in [0, 0.1) is 22.7 Å². The minimum atomic E-state index is 0.00262. The number of rotatable bonds is 3. The molecule has 0 aliphatic carbocycles. The number of aromatic nitrogens is 4. The number of nitrogens with one attached hydrogen (secondary N) is 1. The molecular weight excluding hydrogens is 230 g/mol. The zero-order valence-electron chi connectivity index (χ0n) is 9.15. The molecule has 0 fully saturated rings. The van der Waals surface area contributed by atoms with Crippen molar-refractivity contribution in [2.24, 2.45) is 0 Å². The van der Waals surface area contributed by atoms with Crippen molar-refractivity contribution in [3.05, 3.63) is 42.4 Å². The largest absolute Gasteiger partial charge is 0.360 e. The molecule has 7 heteroatoms. The van der Waals surface area contributed by atoms with Crippen LogP contribution in [0.15, 0.2) is 42.4 Å². The van der Waals surface area contributed by atoms with Crippen LogP contribution in [0.3, 0.4) is 0 Å². The number of anilines is 1. The second-order valence-electron chi connectivity index (χ2n) is 3.23. The Hall–Kier alpha value is -3.19. The normalized spacial score (nSPS) is 9.00. The average molecular weight is 237 g/mol. The lowest BCUT2D eigenvalue weighted by molar-refractivity contribution is 0.789. The summed E-state index contributed by atoms with van der Waals surface area (Å²) in [5, 5.41) is 30.9. The zero-order valence-corrected chi connectivity index (χ0v) is 9.15. The van der Waals surface area contributed by atoms with Crippen molar-refractivity contribution >= 4 is 5.69 Å². The molecule has 0 unspecified atom stereocenters. The van der Waals surface area contributed by atoms with Crippen LogP contribution in [0.2, 0.25) is 0 Å². The van der Waals surface area contributed by atoms with Crippen LogP contribution in [0.4, 0.5) is 5.69 Å². The van der Waals surface area contributed by atoms with Gasteiger partial charge in [0.25, 0.3) is 0 Å². The van der Waals surface area contributed by atoms with Gasteiger partial charge in [-0.15, -0.1) is 5.10 Å². The molecule has 18 heavy (non-hydrogen) atoms. The van der Waals surface area contributed by atoms with Crippen LogP contribution in [-0.4, -0.2) is 20.2 Å². The number of nitrogens with zero attached hydrogens (tertiary/aromatic N) is 6. The molecule has 2 rings (SSSR count). The molecule has 1 N–H and O–H groups in total. The minimum absolute atomic E-state index is 0.00262. The highest BCUT2D eigenvalue weighted by Gasteiger charge is 1.99. The molecule has 0 radical (unpaired) electrons. The third kappa shape index (κ3) is 2.49. The molecule has 0 amide bonds. The Morgan fingerprint density at radius 3 is 2.83 bits per heavy atom. The molecule has 86 valence electrons. The fourth-order valence-electron chi connectivity index (χ4n) is 1.26. The van der Waals surface area contributed by atoms with Crippen molar-refractivity contribution < 1.29 is 0 Å². The Labute approximate surface area is 103 Å². The average Bonchev–Trinajstić information content (AvgIpc) is 2.94. The quantitative estimate of drug-likeness (QED) is 0.799. The van der Waals surface area contributed by atoms with Gasteiger partial charge in [-0.25, -0.2) is 4.68 Å². The molecule has 1 aromatic carbocycles. The monoisotopic (exact) mass is 237 g/mol. The lowest BCUT2D eigenvalue weighted by Crippen LogP contribution is -1.96. The van der Waals surface area contributed by atoms with Gasteiger partial charge in [0.2, 0.25) is 0 Å². The van der Waals surface area contributed by atoms with Crippen LogP contribution in [0.25, 0.3) is 5.69 Å². The summed E-state index contributed by atoms with van der Waals surface area (Å²) in [6.07, 6.45) is 2.82. The van der Waals surface area contributed by atoms with E-state index in [2.05, 4.69) is 20.8 Å². The number of tetrazole rings is 1. The summed E-state index contributed by atoms with van der Waals surface area (Å²) in [6.45, 7) is 0. The Morgan fingerprint density at radius 1 is 1.33 bits per heavy atom. The molecule has 1 aromatic heterocycles. The summed E-state index contributed by atoms with van der Waals surface area (Å²) in [5.74, 6) is 0. The van der Waals surface area contributed by atoms with Gasteiger partial charge < -0.3 is 5.32 Å². The van der Waals surface area contributed by atoms with Crippen LogP contribution >= 0.6 is 0 Å². The van der Waals surface area contributed by atoms with Crippen LogP contribution in [0.1, 0.15) is 0 Å². The first kappa shape index (κ1) is 11.3. The standard InChI is InChI=1S/C11H7N7/c12-5-9(6-13)7-14-10-2-1-3-11(4-10)18-8-15-16-17-18/h1-4,7-8,14H. The Kier molecular flexibility index (Phi) is 3.29. The van der Waals surface area contributed by atoms with E-state index < -0.39 is 0 Å². The van der Waals surface area contributed by atoms with E-state index in [0.29, 0.717) is 0 Å². The predicted octanol–water partition coefficient (Wildman–Crippen LogP) is 1.01. The Balaban J connectivity index is 2.22. The number of hydrogen-bond acceptors (Lipinski definition) is 6. The summed E-state index contributed by atoms with van der Waals surface area (Å²) in [5.41, 5.74) is 1.50. The first-order chi connectivity index (χ1) is 8.83. The lowest BCUT2D eigenvalue weighted by Gasteiger charge is -2.03. The fourth-order valence-corrected chi connectivity index (χ4v) is 1.26. The SMILES string of the molecule is N#CC(C#N)=CNc1cccc(-n2cnnn2)c1. The number of nitriles is 2. The summed E-state index contributed by atoms with van der Waals surface area (Å²) in [7, 11) is 0. The number of allylic oxidation sites excluding steroid dienone is 1. The van der Waals surface area contributed by atoms with E-state index in [1.54, 1.807) is 24.3 Å². The van der Waals surface area contributed by atoms with E-state index >= 15 is 0 Å². The molecule has 0 aliphatic heterocycles. The molecule has 7 nitrogen and oxygen atoms in total. The lowest BCUT2D eigenvalue weighted by atomic mass is 10.2. The van der Waals surface area contributed by atoms with Gasteiger partial charge in [-0.05, 0) is 28.6 Å². The molecular formula is C11H7N7. The molecule has 0 saturated heterocycles. The van der Waals surface area contributed by atoms with E-state index in [4.69, 9.17) is 10.5 Å². The first-order valence-electron chi connectivity index (χ1n) is 4.94. The van der Waals surface area contributed by atoms with Gasteiger partial charge >= 0.3 is 0 Å². The predicted molar refractivity (Wildman–Crippen MR) is 62.1 cm³/mol. The van der Waals surface area contributed by atoms with Crippen LogP contribution < -0.4 is 5.32 Å². The van der Waals surface area contributed by atoms with Crippen LogP contribution in [-0.2, 0) is 0 Å².